The molecule has 4 aromatic rings. The van der Waals surface area contributed by atoms with Crippen LogP contribution in [0.4, 0.5) is 0 Å². The minimum atomic E-state index is -3.37. The summed E-state index contributed by atoms with van der Waals surface area (Å²) in [6.45, 7) is 39.7. The van der Waals surface area contributed by atoms with Crippen molar-refractivity contribution < 1.29 is 125 Å². The van der Waals surface area contributed by atoms with Gasteiger partial charge in [-0.15, -0.1) is 0 Å². The Kier molecular flexibility index (Phi) is 52.7. The lowest BCUT2D eigenvalue weighted by Crippen LogP contribution is -2.41. The summed E-state index contributed by atoms with van der Waals surface area (Å²) in [6, 6.07) is 21.7. The second kappa shape index (κ2) is 53.0. The van der Waals surface area contributed by atoms with Gasteiger partial charge in [-0.05, 0) is 254 Å². The van der Waals surface area contributed by atoms with Crippen molar-refractivity contribution in [3.05, 3.63) is 154 Å². The molecule has 0 amide bonds. The maximum absolute atomic E-state index is 12.7. The van der Waals surface area contributed by atoms with Gasteiger partial charge in [0.1, 0.15) is 0 Å². The monoisotopic (exact) mass is 2050 g/mol. The van der Waals surface area contributed by atoms with Crippen LogP contribution in [0.3, 0.4) is 0 Å². The molecule has 3 aliphatic rings. The molecule has 0 saturated carbocycles. The molecule has 664 valence electrons. The summed E-state index contributed by atoms with van der Waals surface area (Å²) < 4.78 is 164. The molecule has 0 N–H and O–H groups in total. The number of carbonyl (C=O) groups is 3. The van der Waals surface area contributed by atoms with E-state index < -0.39 is 82.3 Å². The number of benzene rings is 4. The third kappa shape index (κ3) is 37.6. The van der Waals surface area contributed by atoms with Crippen LogP contribution in [0, 0.1) is 3.57 Å². The molecule has 0 unspecified atom stereocenters. The number of hydrogen-bond acceptors (Lipinski definition) is 27. The van der Waals surface area contributed by atoms with Crippen LogP contribution in [-0.4, -0.2) is 174 Å². The lowest BCUT2D eigenvalue weighted by molar-refractivity contribution is 0.00578. The van der Waals surface area contributed by atoms with Crippen molar-refractivity contribution in [1.82, 2.24) is 0 Å². The molecule has 117 heavy (non-hydrogen) atoms. The van der Waals surface area contributed by atoms with Crippen molar-refractivity contribution in [2.75, 3.05) is 102 Å². The van der Waals surface area contributed by atoms with Gasteiger partial charge in [0.25, 0.3) is 0 Å². The molecule has 0 aliphatic carbocycles. The van der Waals surface area contributed by atoms with Gasteiger partial charge in [-0.1, -0.05) is 101 Å². The van der Waals surface area contributed by atoms with Crippen LogP contribution in [0.25, 0.3) is 12.2 Å². The van der Waals surface area contributed by atoms with E-state index in [2.05, 4.69) is 86.4 Å². The number of esters is 3. The SMILES string of the molecule is C.C.C.C=CP(=O)(OCC)OCC.CC1(C)OB(B2OC(C)(C)C(C)(C)O2)OC1(C)C.CCOP(=O)(/C=C/c1cc(B2OC(C)(C)C(C)(C)O2)cc(C(=O)OC)c1)OCC.CCOP(=O)(/C=C/c1cc(Br)cc(C(=O)OC)c1)OCC.COC(=O)c1cc(Br)cc(I)c1.COP(=O)(CCc1cc(CBr)cc(CCP(=O)(OC)OC)c1)OC. The van der Waals surface area contributed by atoms with E-state index in [9.17, 15) is 37.2 Å². The highest BCUT2D eigenvalue weighted by Gasteiger charge is 2.64. The van der Waals surface area contributed by atoms with Gasteiger partial charge < -0.3 is 87.4 Å². The van der Waals surface area contributed by atoms with E-state index in [0.29, 0.717) is 81.5 Å². The average molecular weight is 2050 g/mol. The fourth-order valence-electron chi connectivity index (χ4n) is 9.93. The Labute approximate surface area is 738 Å². The van der Waals surface area contributed by atoms with Gasteiger partial charge in [-0.25, -0.2) is 14.4 Å². The van der Waals surface area contributed by atoms with E-state index in [1.54, 1.807) is 96.2 Å². The quantitative estimate of drug-likeness (QED) is 0.0107. The van der Waals surface area contributed by atoms with E-state index in [-0.39, 0.29) is 77.1 Å². The predicted molar refractivity (Wildman–Crippen MR) is 490 cm³/mol. The molecule has 3 aliphatic heterocycles. The Morgan fingerprint density at radius 3 is 1.01 bits per heavy atom. The summed E-state index contributed by atoms with van der Waals surface area (Å²) in [7, 11) is -7.68. The van der Waals surface area contributed by atoms with Crippen molar-refractivity contribution in [2.24, 2.45) is 0 Å². The highest BCUT2D eigenvalue weighted by atomic mass is 127. The molecule has 0 bridgehead atoms. The number of carbonyl (C=O) groups excluding carboxylic acids is 3. The second-order valence-corrected chi connectivity index (χ2v) is 41.9. The van der Waals surface area contributed by atoms with Gasteiger partial charge in [0, 0.05) is 63.7 Å². The zero-order valence-corrected chi connectivity index (χ0v) is 81.7. The minimum Gasteiger partial charge on any atom is -0.465 e. The second-order valence-electron chi connectivity index (χ2n) is 27.8. The molecular weight excluding hydrogens is 1920 g/mol. The number of rotatable bonds is 33. The van der Waals surface area contributed by atoms with Gasteiger partial charge in [-0.3, -0.25) is 22.8 Å². The molecule has 3 fully saturated rings. The summed E-state index contributed by atoms with van der Waals surface area (Å²) in [5, 5.41) is 0.701. The minimum absolute atomic E-state index is 0. The summed E-state index contributed by atoms with van der Waals surface area (Å²) >= 11 is 12.2. The number of halogens is 4. The third-order valence-corrected chi connectivity index (χ3v) is 29.2. The summed E-state index contributed by atoms with van der Waals surface area (Å²) in [5.41, 5.74) is 3.94. The van der Waals surface area contributed by atoms with Gasteiger partial charge in [0.15, 0.2) is 0 Å². The first-order chi connectivity index (χ1) is 52.9. The summed E-state index contributed by atoms with van der Waals surface area (Å²) in [6.07, 6.45) is 4.95. The standard InChI is InChI=1S/C20H30BO7P.C15H25BrO6P2.C14H18BrO5P.C12H24B2O4.C8H6BrIO2.C6H13O3P.3CH4/c1-8-25-29(23,26-9-2)11-10-15-12-16(18(22)24-7)14-17(13-15)21-27-19(3,4)20(5,6)28-21;1-19-23(17,20-2)7-5-13-9-14(11-15(10-13)12-16)6-8-24(18,21-3)22-4;1-4-19-21(17,20-5-2)7-6-11-8-12(14(16)18-3)10-13(15)9-11;1-9(2)10(3,4)16-13(15-9)14-17-11(5,6)12(7,8)18-14;1-12-8(11)5-2-6(9)4-7(10)3-5;1-4-8-10(7,6-3)9-5-2;;;/h10-14H,8-9H2,1-7H3;9-11H,5-8,12H2,1-4H3;6-10H,4-5H2,1-3H3;1-8H3;2-4H,1H3;6H,3-5H2,1-2H3;3*1H4/b11-10+;;7-6+;;;;;;. The van der Waals surface area contributed by atoms with Gasteiger partial charge >= 0.3 is 77.0 Å². The van der Waals surface area contributed by atoms with E-state index in [1.165, 1.54) is 67.2 Å². The summed E-state index contributed by atoms with van der Waals surface area (Å²) in [5.74, 6) is 2.77. The lowest BCUT2D eigenvalue weighted by atomic mass is 9.49. The number of aryl methyl sites for hydroxylation is 2. The van der Waals surface area contributed by atoms with Crippen LogP contribution >= 0.6 is 108 Å². The first-order valence-corrected chi connectivity index (χ1v) is 48.5. The number of ether oxygens (including phenoxy) is 3. The first kappa shape index (κ1) is 116. The normalized spacial score (nSPS) is 16.1. The zero-order valence-electron chi connectivity index (χ0n) is 70.3. The molecule has 27 nitrogen and oxygen atoms in total. The van der Waals surface area contributed by atoms with Crippen LogP contribution in [0.5, 0.6) is 0 Å². The highest BCUT2D eigenvalue weighted by Crippen LogP contribution is 2.53. The lowest BCUT2D eigenvalue weighted by Gasteiger charge is -2.32. The Morgan fingerprint density at radius 2 is 0.709 bits per heavy atom. The smallest absolute Gasteiger partial charge is 0.465 e. The Bertz CT molecular complexity index is 3900. The number of hydrogen-bond donors (Lipinski definition) is 0. The van der Waals surface area contributed by atoms with Crippen molar-refractivity contribution in [3.63, 3.8) is 0 Å². The zero-order chi connectivity index (χ0) is 87.1. The van der Waals surface area contributed by atoms with Crippen molar-refractivity contribution in [1.29, 1.82) is 0 Å². The number of methoxy groups -OCH3 is 3. The maximum atomic E-state index is 12.7. The molecule has 3 saturated heterocycles. The Morgan fingerprint density at radius 1 is 0.419 bits per heavy atom. The Balaban J connectivity index is 0. The largest absolute Gasteiger partial charge is 0.494 e. The maximum Gasteiger partial charge on any atom is 0.494 e. The molecule has 3 heterocycles. The van der Waals surface area contributed by atoms with Crippen molar-refractivity contribution in [2.45, 2.75) is 199 Å². The molecule has 7 rings (SSSR count). The first-order valence-electron chi connectivity index (χ1n) is 36.4. The molecule has 0 aromatic heterocycles. The van der Waals surface area contributed by atoms with Crippen LogP contribution < -0.4 is 5.46 Å². The fourth-order valence-corrected chi connectivity index (χ4v) is 18.1. The van der Waals surface area contributed by atoms with Crippen molar-refractivity contribution >= 4 is 165 Å². The topological polar surface area (TPSA) is 312 Å². The average Bonchev–Trinajstić information content (AvgIpc) is 1.60. The van der Waals surface area contributed by atoms with E-state index >= 15 is 0 Å². The van der Waals surface area contributed by atoms with Gasteiger partial charge in [0.05, 0.1) is 124 Å². The highest BCUT2D eigenvalue weighted by molar-refractivity contribution is 14.1. The number of alkyl halides is 1. The fraction of sp³-hybridized carbons (Fsp3) is 0.577. The molecule has 4 aromatic carbocycles. The molecule has 0 atom stereocenters. The van der Waals surface area contributed by atoms with Crippen LogP contribution in [0.2, 0.25) is 0 Å². The van der Waals surface area contributed by atoms with Crippen LogP contribution in [0.1, 0.15) is 206 Å². The molecular formula is C78H128B3Br3IO27P5. The third-order valence-electron chi connectivity index (χ3n) is 18.0. The predicted octanol–water partition coefficient (Wildman–Crippen LogP) is 22.5. The Hall–Kier alpha value is -2.62. The molecule has 0 radical (unpaired) electrons. The molecule has 39 heteroatoms. The summed E-state index contributed by atoms with van der Waals surface area (Å²) in [4.78, 5) is 34.8. The van der Waals surface area contributed by atoms with Crippen molar-refractivity contribution in [3.8, 4) is 0 Å². The van der Waals surface area contributed by atoms with E-state index in [4.69, 9.17) is 77.9 Å². The van der Waals surface area contributed by atoms with E-state index in [0.717, 1.165) is 24.7 Å². The van der Waals surface area contributed by atoms with Gasteiger partial charge in [-0.2, -0.15) is 0 Å². The van der Waals surface area contributed by atoms with Crippen LogP contribution in [0.15, 0.2) is 106 Å². The molecule has 0 spiro atoms. The van der Waals surface area contributed by atoms with Gasteiger partial charge in [0.2, 0.25) is 0 Å². The van der Waals surface area contributed by atoms with Crippen LogP contribution in [-0.2, 0) is 128 Å². The van der Waals surface area contributed by atoms with E-state index in [1.807, 2.05) is 113 Å².